The van der Waals surface area contributed by atoms with Gasteiger partial charge in [0, 0.05) is 0 Å². The van der Waals surface area contributed by atoms with Gasteiger partial charge in [0.05, 0.1) is 7.11 Å². The van der Waals surface area contributed by atoms with Crippen molar-refractivity contribution in [2.75, 3.05) is 7.11 Å². The first-order valence-corrected chi connectivity index (χ1v) is 3.78. The topological polar surface area (TPSA) is 63.6 Å². The quantitative estimate of drug-likeness (QED) is 0.694. The molecule has 0 fully saturated rings. The smallest absolute Gasteiger partial charge is 0.292 e. The highest BCUT2D eigenvalue weighted by Crippen LogP contribution is 1.92. The Kier molecular flexibility index (Phi) is 14.4. The van der Waals surface area contributed by atoms with Gasteiger partial charge < -0.3 is 9.84 Å². The van der Waals surface area contributed by atoms with Gasteiger partial charge in [0.1, 0.15) is 0 Å². The summed E-state index contributed by atoms with van der Waals surface area (Å²) in [4.78, 5) is 17.3. The van der Waals surface area contributed by atoms with Crippen LogP contribution in [0.3, 0.4) is 0 Å². The van der Waals surface area contributed by atoms with Crippen molar-refractivity contribution in [2.45, 2.75) is 6.92 Å². The second kappa shape index (κ2) is 13.7. The molecule has 0 unspecified atom stereocenters. The van der Waals surface area contributed by atoms with Crippen LogP contribution in [0.2, 0.25) is 0 Å². The maximum atomic E-state index is 8.95. The number of benzene rings is 1. The lowest BCUT2D eigenvalue weighted by molar-refractivity contribution is -0.126. The largest absolute Gasteiger partial charge is 0.483 e. The molecule has 0 aliphatic rings. The summed E-state index contributed by atoms with van der Waals surface area (Å²) >= 11 is 0. The lowest BCUT2D eigenvalue weighted by atomic mass is 10.2. The van der Waals surface area contributed by atoms with E-state index in [1.165, 1.54) is 12.7 Å². The SMILES string of the molecule is COC=O.Cc1ccccc1.O=CO. The molecule has 0 bridgehead atoms. The van der Waals surface area contributed by atoms with Gasteiger partial charge in [-0.05, 0) is 6.92 Å². The van der Waals surface area contributed by atoms with Crippen LogP contribution in [0.5, 0.6) is 0 Å². The minimum atomic E-state index is -0.250. The fraction of sp³-hybridized carbons (Fsp3) is 0.200. The maximum absolute atomic E-state index is 8.95. The van der Waals surface area contributed by atoms with Gasteiger partial charge in [0.15, 0.2) is 0 Å². The molecule has 1 aromatic carbocycles. The fourth-order valence-electron chi connectivity index (χ4n) is 0.534. The van der Waals surface area contributed by atoms with Crippen molar-refractivity contribution in [3.63, 3.8) is 0 Å². The van der Waals surface area contributed by atoms with Gasteiger partial charge in [-0.15, -0.1) is 0 Å². The molecule has 1 N–H and O–H groups in total. The van der Waals surface area contributed by atoms with Crippen molar-refractivity contribution in [1.82, 2.24) is 0 Å². The highest BCUT2D eigenvalue weighted by molar-refractivity contribution is 5.36. The van der Waals surface area contributed by atoms with E-state index in [9.17, 15) is 0 Å². The van der Waals surface area contributed by atoms with Crippen molar-refractivity contribution < 1.29 is 19.4 Å². The number of carbonyl (C=O) groups excluding carboxylic acids is 1. The van der Waals surface area contributed by atoms with Gasteiger partial charge in [0.2, 0.25) is 0 Å². The molecule has 0 heterocycles. The standard InChI is InChI=1S/C7H8.C2H4O2.CH2O2/c1-7-5-3-2-4-6-7;1-4-2-3;2-1-3/h2-6H,1H3;2H,1H3;1H,(H,2,3). The Morgan fingerprint density at radius 2 is 1.57 bits per heavy atom. The molecule has 14 heavy (non-hydrogen) atoms. The molecule has 0 aromatic heterocycles. The predicted molar refractivity (Wildman–Crippen MR) is 52.9 cm³/mol. The average molecular weight is 198 g/mol. The number of aryl methyl sites for hydroxylation is 1. The maximum Gasteiger partial charge on any atom is 0.292 e. The van der Waals surface area contributed by atoms with Crippen molar-refractivity contribution in [3.05, 3.63) is 35.9 Å². The van der Waals surface area contributed by atoms with Crippen LogP contribution in [0.15, 0.2) is 30.3 Å². The molecular weight excluding hydrogens is 184 g/mol. The zero-order valence-corrected chi connectivity index (χ0v) is 8.21. The Morgan fingerprint density at radius 3 is 1.71 bits per heavy atom. The number of rotatable bonds is 1. The van der Waals surface area contributed by atoms with Gasteiger partial charge >= 0.3 is 0 Å². The van der Waals surface area contributed by atoms with E-state index < -0.39 is 0 Å². The first-order chi connectivity index (χ1) is 6.72. The van der Waals surface area contributed by atoms with Crippen LogP contribution in [0.1, 0.15) is 5.56 Å². The fourth-order valence-corrected chi connectivity index (χ4v) is 0.534. The summed E-state index contributed by atoms with van der Waals surface area (Å²) in [7, 11) is 1.31. The van der Waals surface area contributed by atoms with Crippen molar-refractivity contribution >= 4 is 12.9 Å². The second-order valence-corrected chi connectivity index (χ2v) is 2.09. The lowest BCUT2D eigenvalue weighted by Gasteiger charge is -1.82. The second-order valence-electron chi connectivity index (χ2n) is 2.09. The molecular formula is C10H14O4. The molecule has 1 rings (SSSR count). The molecule has 4 heteroatoms. The highest BCUT2D eigenvalue weighted by Gasteiger charge is 1.72. The van der Waals surface area contributed by atoms with Gasteiger partial charge in [-0.25, -0.2) is 0 Å². The van der Waals surface area contributed by atoms with Gasteiger partial charge in [-0.3, -0.25) is 9.59 Å². The molecule has 0 saturated carbocycles. The number of carbonyl (C=O) groups is 2. The third kappa shape index (κ3) is 16.6. The van der Waals surface area contributed by atoms with Crippen molar-refractivity contribution in [3.8, 4) is 0 Å². The van der Waals surface area contributed by atoms with Crippen LogP contribution in [-0.4, -0.2) is 25.2 Å². The Morgan fingerprint density at radius 1 is 1.21 bits per heavy atom. The van der Waals surface area contributed by atoms with Crippen LogP contribution in [0.4, 0.5) is 0 Å². The van der Waals surface area contributed by atoms with Gasteiger partial charge in [-0.2, -0.15) is 0 Å². The minimum Gasteiger partial charge on any atom is -0.483 e. The van der Waals surface area contributed by atoms with Gasteiger partial charge in [0.25, 0.3) is 12.9 Å². The monoisotopic (exact) mass is 198 g/mol. The van der Waals surface area contributed by atoms with Crippen LogP contribution in [-0.2, 0) is 14.3 Å². The number of carboxylic acid groups (broad SMARTS) is 1. The summed E-state index contributed by atoms with van der Waals surface area (Å²) in [5.74, 6) is 0. The third-order valence-corrected chi connectivity index (χ3v) is 1.04. The first kappa shape index (κ1) is 14.7. The summed E-state index contributed by atoms with van der Waals surface area (Å²) < 4.78 is 3.86. The van der Waals surface area contributed by atoms with E-state index in [1.54, 1.807) is 0 Å². The highest BCUT2D eigenvalue weighted by atomic mass is 16.5. The van der Waals surface area contributed by atoms with E-state index in [2.05, 4.69) is 23.8 Å². The zero-order chi connectivity index (χ0) is 11.2. The predicted octanol–water partition coefficient (Wildman–Crippen LogP) is 1.49. The molecule has 78 valence electrons. The summed E-state index contributed by atoms with van der Waals surface area (Å²) in [6.45, 7) is 2.21. The molecule has 4 nitrogen and oxygen atoms in total. The Hall–Kier alpha value is -1.84. The van der Waals surface area contributed by atoms with E-state index in [0.717, 1.165) is 0 Å². The van der Waals surface area contributed by atoms with Crippen LogP contribution >= 0.6 is 0 Å². The van der Waals surface area contributed by atoms with Gasteiger partial charge in [-0.1, -0.05) is 35.9 Å². The van der Waals surface area contributed by atoms with E-state index >= 15 is 0 Å². The average Bonchev–Trinajstić information content (AvgIpc) is 2.21. The van der Waals surface area contributed by atoms with Crippen molar-refractivity contribution in [1.29, 1.82) is 0 Å². The minimum absolute atomic E-state index is 0.250. The van der Waals surface area contributed by atoms with Crippen LogP contribution < -0.4 is 0 Å². The van der Waals surface area contributed by atoms with E-state index in [-0.39, 0.29) is 6.47 Å². The number of methoxy groups -OCH3 is 1. The number of hydrogen-bond acceptors (Lipinski definition) is 3. The normalized spacial score (nSPS) is 6.71. The Balaban J connectivity index is 0. The molecule has 0 saturated heterocycles. The summed E-state index contributed by atoms with van der Waals surface area (Å²) in [6.07, 6.45) is 0. The van der Waals surface area contributed by atoms with E-state index in [1.807, 2.05) is 18.2 Å². The third-order valence-electron chi connectivity index (χ3n) is 1.04. The van der Waals surface area contributed by atoms with E-state index in [4.69, 9.17) is 14.7 Å². The zero-order valence-electron chi connectivity index (χ0n) is 8.21. The molecule has 0 aliphatic heterocycles. The Labute approximate surface area is 83.1 Å². The lowest BCUT2D eigenvalue weighted by Crippen LogP contribution is -1.68. The number of ether oxygens (including phenoxy) is 1. The molecule has 0 spiro atoms. The molecule has 0 atom stereocenters. The van der Waals surface area contributed by atoms with Crippen LogP contribution in [0, 0.1) is 6.92 Å². The summed E-state index contributed by atoms with van der Waals surface area (Å²) in [5.41, 5.74) is 1.32. The molecule has 0 radical (unpaired) electrons. The molecule has 0 aliphatic carbocycles. The molecule has 1 aromatic rings. The van der Waals surface area contributed by atoms with E-state index in [0.29, 0.717) is 6.47 Å². The number of hydrogen-bond donors (Lipinski definition) is 1. The first-order valence-electron chi connectivity index (χ1n) is 3.78. The Bertz CT molecular complexity index is 221. The van der Waals surface area contributed by atoms with Crippen molar-refractivity contribution in [2.24, 2.45) is 0 Å². The molecule has 0 amide bonds. The summed E-state index contributed by atoms with van der Waals surface area (Å²) in [5, 5.41) is 6.89. The van der Waals surface area contributed by atoms with Crippen LogP contribution in [0.25, 0.3) is 0 Å². The summed E-state index contributed by atoms with van der Waals surface area (Å²) in [6, 6.07) is 10.3.